The fourth-order valence-electron chi connectivity index (χ4n) is 2.58. The first-order valence-corrected chi connectivity index (χ1v) is 7.21. The minimum Gasteiger partial charge on any atom is -0.507 e. The monoisotopic (exact) mass is 313 g/mol. The summed E-state index contributed by atoms with van der Waals surface area (Å²) in [6, 6.07) is 3.80. The Bertz CT molecular complexity index is 428. The minimum atomic E-state index is -0.545. The van der Waals surface area contributed by atoms with Crippen molar-refractivity contribution in [2.75, 3.05) is 6.54 Å². The van der Waals surface area contributed by atoms with Crippen molar-refractivity contribution in [2.24, 2.45) is 0 Å². The highest BCUT2D eigenvalue weighted by Crippen LogP contribution is 2.29. The summed E-state index contributed by atoms with van der Waals surface area (Å²) in [5.41, 5.74) is 1.18. The van der Waals surface area contributed by atoms with Gasteiger partial charge in [0.25, 0.3) is 0 Å². The molecule has 100 valence electrons. The van der Waals surface area contributed by atoms with Crippen LogP contribution in [0.5, 0.6) is 5.75 Å². The topological polar surface area (TPSA) is 52.5 Å². The lowest BCUT2D eigenvalue weighted by atomic mass is 10.0. The molecule has 0 aliphatic heterocycles. The number of hydrogen-bond donors (Lipinski definition) is 3. The molecule has 0 radical (unpaired) electrons. The van der Waals surface area contributed by atoms with Gasteiger partial charge < -0.3 is 15.5 Å². The lowest BCUT2D eigenvalue weighted by Gasteiger charge is -2.22. The molecule has 1 aliphatic carbocycles. The van der Waals surface area contributed by atoms with Crippen molar-refractivity contribution in [1.82, 2.24) is 5.32 Å². The molecule has 0 spiro atoms. The van der Waals surface area contributed by atoms with Crippen LogP contribution in [-0.4, -0.2) is 22.4 Å². The van der Waals surface area contributed by atoms with Crippen molar-refractivity contribution in [2.45, 2.75) is 44.8 Å². The molecular formula is C14H20BrNO2. The maximum absolute atomic E-state index is 10.2. The average Bonchev–Trinajstić information content (AvgIpc) is 2.72. The Balaban J connectivity index is 1.94. The SMILES string of the molecule is Cc1cc(Br)cc(CNCC2(O)CCCC2)c1O. The van der Waals surface area contributed by atoms with Gasteiger partial charge in [0, 0.05) is 23.1 Å². The third kappa shape index (κ3) is 3.25. The number of hydrogen-bond acceptors (Lipinski definition) is 3. The van der Waals surface area contributed by atoms with Crippen LogP contribution >= 0.6 is 15.9 Å². The molecule has 3 nitrogen and oxygen atoms in total. The van der Waals surface area contributed by atoms with Gasteiger partial charge in [-0.15, -0.1) is 0 Å². The van der Waals surface area contributed by atoms with Crippen molar-refractivity contribution >= 4 is 15.9 Å². The molecule has 1 saturated carbocycles. The Morgan fingerprint density at radius 2 is 2.00 bits per heavy atom. The van der Waals surface area contributed by atoms with Crippen LogP contribution in [0.4, 0.5) is 0 Å². The largest absolute Gasteiger partial charge is 0.507 e. The van der Waals surface area contributed by atoms with Crippen LogP contribution in [0, 0.1) is 6.92 Å². The van der Waals surface area contributed by atoms with Crippen molar-refractivity contribution in [3.63, 3.8) is 0 Å². The first-order valence-electron chi connectivity index (χ1n) is 6.41. The number of nitrogens with one attached hydrogen (secondary N) is 1. The summed E-state index contributed by atoms with van der Waals surface area (Å²) in [6.07, 6.45) is 3.98. The van der Waals surface area contributed by atoms with Gasteiger partial charge >= 0.3 is 0 Å². The van der Waals surface area contributed by atoms with Crippen LogP contribution < -0.4 is 5.32 Å². The number of rotatable bonds is 4. The molecule has 0 atom stereocenters. The molecule has 0 heterocycles. The summed E-state index contributed by atoms with van der Waals surface area (Å²) >= 11 is 3.43. The standard InChI is InChI=1S/C14H20BrNO2/c1-10-6-12(15)7-11(13(10)17)8-16-9-14(18)4-2-3-5-14/h6-7,16-18H,2-5,8-9H2,1H3. The molecule has 4 heteroatoms. The van der Waals surface area contributed by atoms with Crippen molar-refractivity contribution in [3.05, 3.63) is 27.7 Å². The van der Waals surface area contributed by atoms with Gasteiger partial charge in [-0.2, -0.15) is 0 Å². The zero-order valence-corrected chi connectivity index (χ0v) is 12.3. The molecule has 1 aromatic carbocycles. The van der Waals surface area contributed by atoms with Crippen LogP contribution in [0.15, 0.2) is 16.6 Å². The maximum atomic E-state index is 10.2. The fourth-order valence-corrected chi connectivity index (χ4v) is 3.20. The van der Waals surface area contributed by atoms with Gasteiger partial charge in [0.05, 0.1) is 5.60 Å². The second kappa shape index (κ2) is 5.59. The van der Waals surface area contributed by atoms with E-state index in [0.29, 0.717) is 18.8 Å². The van der Waals surface area contributed by atoms with Gasteiger partial charge in [0.15, 0.2) is 0 Å². The second-order valence-corrected chi connectivity index (χ2v) is 6.18. The molecule has 0 aromatic heterocycles. The molecule has 0 saturated heterocycles. The van der Waals surface area contributed by atoms with Crippen LogP contribution in [0.1, 0.15) is 36.8 Å². The fraction of sp³-hybridized carbons (Fsp3) is 0.571. The molecule has 1 aliphatic rings. The van der Waals surface area contributed by atoms with Crippen molar-refractivity contribution in [1.29, 1.82) is 0 Å². The number of phenols is 1. The molecule has 2 rings (SSSR count). The highest BCUT2D eigenvalue weighted by molar-refractivity contribution is 9.10. The van der Waals surface area contributed by atoms with Gasteiger partial charge in [-0.1, -0.05) is 28.8 Å². The van der Waals surface area contributed by atoms with E-state index in [1.807, 2.05) is 19.1 Å². The number of aryl methyl sites for hydroxylation is 1. The summed E-state index contributed by atoms with van der Waals surface area (Å²) in [6.45, 7) is 3.06. The predicted octanol–water partition coefficient (Wildman–Crippen LogP) is 2.86. The second-order valence-electron chi connectivity index (χ2n) is 5.27. The van der Waals surface area contributed by atoms with E-state index in [4.69, 9.17) is 0 Å². The Morgan fingerprint density at radius 1 is 1.33 bits per heavy atom. The van der Waals surface area contributed by atoms with Gasteiger partial charge in [-0.25, -0.2) is 0 Å². The molecule has 0 bridgehead atoms. The zero-order chi connectivity index (χ0) is 13.2. The van der Waals surface area contributed by atoms with E-state index in [1.165, 1.54) is 0 Å². The van der Waals surface area contributed by atoms with E-state index >= 15 is 0 Å². The number of halogens is 1. The van der Waals surface area contributed by atoms with Crippen LogP contribution in [-0.2, 0) is 6.54 Å². The Kier molecular flexibility index (Phi) is 4.30. The summed E-state index contributed by atoms with van der Waals surface area (Å²) in [5, 5.41) is 23.4. The van der Waals surface area contributed by atoms with E-state index in [-0.39, 0.29) is 0 Å². The minimum absolute atomic E-state index is 0.337. The predicted molar refractivity (Wildman–Crippen MR) is 75.7 cm³/mol. The number of aliphatic hydroxyl groups is 1. The van der Waals surface area contributed by atoms with E-state index in [1.54, 1.807) is 0 Å². The summed E-state index contributed by atoms with van der Waals surface area (Å²) in [7, 11) is 0. The van der Waals surface area contributed by atoms with Gasteiger partial charge in [0.1, 0.15) is 5.75 Å². The van der Waals surface area contributed by atoms with E-state index in [2.05, 4.69) is 21.2 Å². The summed E-state index contributed by atoms with van der Waals surface area (Å²) in [4.78, 5) is 0. The molecule has 0 amide bonds. The van der Waals surface area contributed by atoms with E-state index in [0.717, 1.165) is 41.3 Å². The third-order valence-corrected chi connectivity index (χ3v) is 4.11. The van der Waals surface area contributed by atoms with Gasteiger partial charge in [0.2, 0.25) is 0 Å². The van der Waals surface area contributed by atoms with E-state index in [9.17, 15) is 10.2 Å². The van der Waals surface area contributed by atoms with Crippen LogP contribution in [0.25, 0.3) is 0 Å². The van der Waals surface area contributed by atoms with Gasteiger partial charge in [-0.3, -0.25) is 0 Å². The molecular weight excluding hydrogens is 294 g/mol. The number of phenolic OH excluding ortho intramolecular Hbond substituents is 1. The lowest BCUT2D eigenvalue weighted by molar-refractivity contribution is 0.0474. The van der Waals surface area contributed by atoms with E-state index < -0.39 is 5.60 Å². The van der Waals surface area contributed by atoms with Crippen molar-refractivity contribution < 1.29 is 10.2 Å². The maximum Gasteiger partial charge on any atom is 0.123 e. The highest BCUT2D eigenvalue weighted by atomic mass is 79.9. The Hall–Kier alpha value is -0.580. The smallest absolute Gasteiger partial charge is 0.123 e. The van der Waals surface area contributed by atoms with Crippen LogP contribution in [0.2, 0.25) is 0 Å². The Labute approximate surface area is 116 Å². The summed E-state index contributed by atoms with van der Waals surface area (Å²) in [5.74, 6) is 0.337. The molecule has 18 heavy (non-hydrogen) atoms. The number of benzene rings is 1. The molecule has 0 unspecified atom stereocenters. The zero-order valence-electron chi connectivity index (χ0n) is 10.7. The Morgan fingerprint density at radius 3 is 2.67 bits per heavy atom. The molecule has 3 N–H and O–H groups in total. The third-order valence-electron chi connectivity index (χ3n) is 3.65. The quantitative estimate of drug-likeness (QED) is 0.801. The van der Waals surface area contributed by atoms with Crippen molar-refractivity contribution in [3.8, 4) is 5.75 Å². The average molecular weight is 314 g/mol. The normalized spacial score (nSPS) is 18.2. The van der Waals surface area contributed by atoms with Gasteiger partial charge in [-0.05, 0) is 37.5 Å². The molecule has 1 aromatic rings. The molecule has 1 fully saturated rings. The number of aromatic hydroxyl groups is 1. The lowest BCUT2D eigenvalue weighted by Crippen LogP contribution is -2.37. The first kappa shape index (κ1) is 13.8. The summed E-state index contributed by atoms with van der Waals surface area (Å²) < 4.78 is 0.967. The highest BCUT2D eigenvalue weighted by Gasteiger charge is 2.30. The van der Waals surface area contributed by atoms with Crippen LogP contribution in [0.3, 0.4) is 0 Å². The first-order chi connectivity index (χ1) is 8.50.